The lowest BCUT2D eigenvalue weighted by Gasteiger charge is -2.33. The lowest BCUT2D eigenvalue weighted by molar-refractivity contribution is -0.144. The number of hydrogen-bond donors (Lipinski definition) is 2. The van der Waals surface area contributed by atoms with E-state index in [0.29, 0.717) is 36.5 Å². The number of ether oxygens (including phenoxy) is 3. The molecule has 0 spiro atoms. The number of imidazole rings is 2. The van der Waals surface area contributed by atoms with Crippen LogP contribution in [-0.4, -0.2) is 58.7 Å². The maximum atomic E-state index is 12.2. The van der Waals surface area contributed by atoms with E-state index in [2.05, 4.69) is 121 Å². The fraction of sp³-hybridized carbons (Fsp3) is 0.449. The fourth-order valence-corrected chi connectivity index (χ4v) is 12.0. The Kier molecular flexibility index (Phi) is 25.8. The highest BCUT2D eigenvalue weighted by Crippen LogP contribution is 2.40. The maximum Gasteiger partial charge on any atom is 0.306 e. The van der Waals surface area contributed by atoms with Gasteiger partial charge in [0.1, 0.15) is 29.8 Å². The molecule has 2 atom stereocenters. The van der Waals surface area contributed by atoms with E-state index >= 15 is 0 Å². The van der Waals surface area contributed by atoms with Crippen LogP contribution in [0.4, 0.5) is 0 Å². The molecule has 0 saturated carbocycles. The molecule has 0 radical (unpaired) electrons. The summed E-state index contributed by atoms with van der Waals surface area (Å²) in [4.78, 5) is 32.8. The lowest BCUT2D eigenvalue weighted by atomic mass is 9.72. The minimum absolute atomic E-state index is 0.156. The van der Waals surface area contributed by atoms with Crippen LogP contribution in [0.2, 0.25) is 0 Å². The Balaban J connectivity index is 0.000000190. The van der Waals surface area contributed by atoms with Gasteiger partial charge < -0.3 is 33.6 Å². The molecule has 0 saturated heterocycles. The Morgan fingerprint density at radius 1 is 0.600 bits per heavy atom. The number of carbonyl (C=O) groups excluding carboxylic acids is 2. The number of esters is 2. The number of aromatic nitrogens is 4. The summed E-state index contributed by atoms with van der Waals surface area (Å²) < 4.78 is 29.3. The first-order chi connectivity index (χ1) is 40.5. The molecule has 7 aromatic rings. The van der Waals surface area contributed by atoms with Crippen molar-refractivity contribution < 1.29 is 38.2 Å². The van der Waals surface area contributed by atoms with Crippen LogP contribution in [0.3, 0.4) is 0 Å². The maximum absolute atomic E-state index is 12.2. The van der Waals surface area contributed by atoms with E-state index in [1.165, 1.54) is 102 Å². The van der Waals surface area contributed by atoms with Gasteiger partial charge in [-0.05, 0) is 173 Å². The summed E-state index contributed by atoms with van der Waals surface area (Å²) in [5.41, 5.74) is 15.2. The van der Waals surface area contributed by atoms with Gasteiger partial charge in [0, 0.05) is 66.1 Å². The summed E-state index contributed by atoms with van der Waals surface area (Å²) in [6.45, 7) is 19.0. The Bertz CT molecular complexity index is 3210. The van der Waals surface area contributed by atoms with E-state index in [1.807, 2.05) is 72.9 Å². The summed E-state index contributed by atoms with van der Waals surface area (Å²) in [5, 5.41) is 18.5. The van der Waals surface area contributed by atoms with E-state index in [0.717, 1.165) is 34.1 Å². The number of phenolic OH excluding ortho intramolecular Hbond substituents is 1. The molecule has 1 unspecified atom stereocenters. The van der Waals surface area contributed by atoms with Crippen molar-refractivity contribution in [3.8, 4) is 11.5 Å². The van der Waals surface area contributed by atoms with Crippen molar-refractivity contribution in [1.29, 1.82) is 0 Å². The molecule has 85 heavy (non-hydrogen) atoms. The van der Waals surface area contributed by atoms with Crippen molar-refractivity contribution in [2.75, 3.05) is 13.2 Å². The molecule has 0 aliphatic heterocycles. The summed E-state index contributed by atoms with van der Waals surface area (Å²) in [6, 6.07) is 34.7. The molecule has 458 valence electrons. The lowest BCUT2D eigenvalue weighted by Crippen LogP contribution is -2.24. The molecule has 0 bridgehead atoms. The van der Waals surface area contributed by atoms with Gasteiger partial charge in [-0.3, -0.25) is 9.59 Å². The third-order valence-electron chi connectivity index (χ3n) is 16.5. The normalized spacial score (nSPS) is 15.6. The third kappa shape index (κ3) is 19.8. The molecular formula is C69H87Cl3N4O8S. The van der Waals surface area contributed by atoms with E-state index < -0.39 is 9.23 Å². The van der Waals surface area contributed by atoms with Gasteiger partial charge in [0.15, 0.2) is 0 Å². The smallest absolute Gasteiger partial charge is 0.306 e. The molecule has 12 nitrogen and oxygen atoms in total. The topological polar surface area (TPSA) is 155 Å². The van der Waals surface area contributed by atoms with Gasteiger partial charge in [0.25, 0.3) is 0 Å². The minimum Gasteiger partial charge on any atom is -0.508 e. The van der Waals surface area contributed by atoms with Crippen LogP contribution in [0.15, 0.2) is 128 Å². The molecule has 0 amide bonds. The number of aryl methyl sites for hydroxylation is 5. The van der Waals surface area contributed by atoms with Gasteiger partial charge in [0.05, 0.1) is 44.5 Å². The van der Waals surface area contributed by atoms with Crippen molar-refractivity contribution in [3.63, 3.8) is 0 Å². The second kappa shape index (κ2) is 32.1. The number of fused-ring (bicyclic) bond motifs is 3. The molecular weight excluding hydrogens is 1150 g/mol. The van der Waals surface area contributed by atoms with E-state index in [-0.39, 0.29) is 54.4 Å². The average Bonchev–Trinajstić information content (AvgIpc) is 3.56. The van der Waals surface area contributed by atoms with Crippen molar-refractivity contribution in [3.05, 3.63) is 201 Å². The van der Waals surface area contributed by atoms with Crippen molar-refractivity contribution in [2.45, 2.75) is 173 Å². The molecule has 3 aliphatic rings. The average molecular weight is 1240 g/mol. The number of phenols is 1. The molecule has 5 aromatic carbocycles. The number of rotatable bonds is 15. The number of hydrogen-bond acceptors (Lipinski definition) is 10. The van der Waals surface area contributed by atoms with Crippen LogP contribution in [0.5, 0.6) is 11.5 Å². The van der Waals surface area contributed by atoms with E-state index in [4.69, 9.17) is 35.1 Å². The van der Waals surface area contributed by atoms with Crippen LogP contribution in [0.1, 0.15) is 191 Å². The van der Waals surface area contributed by atoms with Crippen LogP contribution in [0, 0.1) is 0 Å². The van der Waals surface area contributed by atoms with Crippen LogP contribution in [-0.2, 0) is 97.0 Å². The van der Waals surface area contributed by atoms with Crippen LogP contribution >= 0.6 is 33.0 Å². The zero-order valence-electron chi connectivity index (χ0n) is 51.3. The summed E-state index contributed by atoms with van der Waals surface area (Å²) in [6.07, 6.45) is 18.9. The molecule has 16 heteroatoms. The number of carbonyl (C=O) groups is 2. The van der Waals surface area contributed by atoms with Crippen molar-refractivity contribution >= 4 is 54.1 Å². The fourth-order valence-electron chi connectivity index (χ4n) is 11.8. The predicted octanol–water partition coefficient (Wildman–Crippen LogP) is 15.8. The van der Waals surface area contributed by atoms with Crippen molar-refractivity contribution in [2.24, 2.45) is 14.1 Å². The Labute approximate surface area is 521 Å². The Hall–Kier alpha value is -5.96. The SMILES string of the molecule is CC1(C)CCCc2ccc(CCl)cc21.CC1(C)CCCc2ccc(CO)cc21.CCOC(=O)CC(c1ccc(OCc2ccc3c(c2)C(C)(C)CCC3)cc1)c1nccn1C.CCOC(=O)C[C@@H](c1ccc(O)cc1)c1nccn1C.O=S(Cl)Cl. The highest BCUT2D eigenvalue weighted by molar-refractivity contribution is 8.26. The van der Waals surface area contributed by atoms with Gasteiger partial charge in [-0.2, -0.15) is 0 Å². The largest absolute Gasteiger partial charge is 0.508 e. The van der Waals surface area contributed by atoms with Crippen LogP contribution < -0.4 is 4.74 Å². The highest BCUT2D eigenvalue weighted by atomic mass is 36.0. The van der Waals surface area contributed by atoms with Gasteiger partial charge in [-0.1, -0.05) is 120 Å². The molecule has 10 rings (SSSR count). The highest BCUT2D eigenvalue weighted by Gasteiger charge is 2.30. The van der Waals surface area contributed by atoms with E-state index in [9.17, 15) is 14.7 Å². The molecule has 2 N–H and O–H groups in total. The number of alkyl halides is 1. The van der Waals surface area contributed by atoms with Gasteiger partial charge in [-0.25, -0.2) is 14.2 Å². The molecule has 0 fully saturated rings. The monoisotopic (exact) mass is 1240 g/mol. The number of aliphatic hydroxyl groups excluding tert-OH is 1. The zero-order valence-corrected chi connectivity index (χ0v) is 54.4. The number of aromatic hydroxyl groups is 1. The third-order valence-corrected chi connectivity index (χ3v) is 16.8. The number of nitrogens with zero attached hydrogens (tertiary/aromatic N) is 4. The second-order valence-electron chi connectivity index (χ2n) is 24.0. The van der Waals surface area contributed by atoms with Crippen molar-refractivity contribution in [1.82, 2.24) is 19.1 Å². The number of aliphatic hydroxyl groups is 1. The minimum atomic E-state index is -1.67. The first-order valence-electron chi connectivity index (χ1n) is 29.5. The number of halogens is 3. The van der Waals surface area contributed by atoms with Crippen LogP contribution in [0.25, 0.3) is 0 Å². The van der Waals surface area contributed by atoms with E-state index in [1.54, 1.807) is 43.6 Å². The first-order valence-corrected chi connectivity index (χ1v) is 32.9. The van der Waals surface area contributed by atoms with Gasteiger partial charge in [0.2, 0.25) is 9.23 Å². The van der Waals surface area contributed by atoms with Gasteiger partial charge in [-0.15, -0.1) is 11.6 Å². The molecule has 2 heterocycles. The summed E-state index contributed by atoms with van der Waals surface area (Å²) in [7, 11) is 11.2. The summed E-state index contributed by atoms with van der Waals surface area (Å²) in [5.74, 6) is 2.44. The quantitative estimate of drug-likeness (QED) is 0.0576. The number of benzene rings is 5. The molecule has 2 aromatic heterocycles. The zero-order chi connectivity index (χ0) is 61.9. The standard InChI is InChI=1S/C28H34N2O3.C15H18N2O3.C13H17Cl.C13H18O.Cl2OS/c1-5-32-26(31)18-24(27-29-15-16-30(27)4)21-10-12-23(13-11-21)33-19-20-8-9-22-7-6-14-28(2,3)25(22)17-20;1-3-20-14(19)10-13(15-16-8-9-17(15)2)11-4-6-12(18)7-5-11;2*1-13(2)7-3-4-11-6-5-10(9-14)8-12(11)13;1-4(2)3/h8-13,15-17,24H,5-7,14,18-19H2,1-4H3;4-9,13,18H,3,10H2,1-2H3;5-6,8H,3-4,7,9H2,1-2H3;5-6,8,14H,3-4,7,9H2,1-2H3;/t;13-;;;/m.0.../s1. The first kappa shape index (κ1) is 68.2. The molecule has 3 aliphatic carbocycles. The Morgan fingerprint density at radius 3 is 1.35 bits per heavy atom. The Morgan fingerprint density at radius 2 is 0.976 bits per heavy atom. The second-order valence-corrected chi connectivity index (χ2v) is 26.8. The summed E-state index contributed by atoms with van der Waals surface area (Å²) >= 11 is 5.86. The predicted molar refractivity (Wildman–Crippen MR) is 344 cm³/mol. The van der Waals surface area contributed by atoms with Gasteiger partial charge >= 0.3 is 11.9 Å².